The molecule has 0 spiro atoms. The Kier molecular flexibility index (Phi) is 7.70. The Morgan fingerprint density at radius 1 is 0.962 bits per heavy atom. The van der Waals surface area contributed by atoms with E-state index >= 15 is 0 Å². The molecule has 0 aliphatic carbocycles. The van der Waals surface area contributed by atoms with Crippen LogP contribution in [-0.4, -0.2) is 25.0 Å². The molecule has 7 heteroatoms. The number of rotatable bonds is 7. The summed E-state index contributed by atoms with van der Waals surface area (Å²) in [4.78, 5) is 23.4. The molecule has 26 heavy (non-hydrogen) atoms. The fourth-order valence-corrected chi connectivity index (χ4v) is 2.17. The fourth-order valence-electron chi connectivity index (χ4n) is 1.90. The summed E-state index contributed by atoms with van der Waals surface area (Å²) in [6, 6.07) is 14.4. The number of hydrazine groups is 1. The highest BCUT2D eigenvalue weighted by atomic mass is 79.9. The second kappa shape index (κ2) is 10.2. The maximum absolute atomic E-state index is 11.7. The number of amides is 2. The van der Waals surface area contributed by atoms with Gasteiger partial charge in [-0.3, -0.25) is 20.4 Å². The molecule has 0 aliphatic heterocycles. The molecule has 0 fully saturated rings. The molecule has 2 aromatic rings. The van der Waals surface area contributed by atoms with Crippen LogP contribution in [0.2, 0.25) is 0 Å². The van der Waals surface area contributed by atoms with Crippen molar-refractivity contribution in [3.8, 4) is 11.5 Å². The van der Waals surface area contributed by atoms with Gasteiger partial charge in [0, 0.05) is 10.5 Å². The van der Waals surface area contributed by atoms with E-state index in [1.165, 1.54) is 6.08 Å². The Morgan fingerprint density at radius 3 is 2.23 bits per heavy atom. The van der Waals surface area contributed by atoms with E-state index in [2.05, 4.69) is 26.8 Å². The predicted octanol–water partition coefficient (Wildman–Crippen LogP) is 3.09. The normalized spacial score (nSPS) is 10.4. The van der Waals surface area contributed by atoms with Crippen molar-refractivity contribution in [1.29, 1.82) is 0 Å². The zero-order valence-corrected chi connectivity index (χ0v) is 15.8. The van der Waals surface area contributed by atoms with Crippen LogP contribution in [0.4, 0.5) is 0 Å². The van der Waals surface area contributed by atoms with Gasteiger partial charge in [0.2, 0.25) is 0 Å². The molecule has 0 bridgehead atoms. The van der Waals surface area contributed by atoms with Crippen molar-refractivity contribution in [3.05, 3.63) is 64.6 Å². The summed E-state index contributed by atoms with van der Waals surface area (Å²) >= 11 is 3.31. The van der Waals surface area contributed by atoms with E-state index in [4.69, 9.17) is 9.47 Å². The molecule has 0 atom stereocenters. The zero-order chi connectivity index (χ0) is 18.8. The summed E-state index contributed by atoms with van der Waals surface area (Å²) in [5.74, 6) is 0.420. The van der Waals surface area contributed by atoms with Gasteiger partial charge in [-0.05, 0) is 55.0 Å². The third kappa shape index (κ3) is 6.98. The number of halogens is 1. The zero-order valence-electron chi connectivity index (χ0n) is 14.2. The maximum atomic E-state index is 11.7. The van der Waals surface area contributed by atoms with Gasteiger partial charge in [-0.25, -0.2) is 0 Å². The molecule has 2 rings (SSSR count). The number of carbonyl (C=O) groups is 2. The number of nitrogens with one attached hydrogen (secondary N) is 2. The summed E-state index contributed by atoms with van der Waals surface area (Å²) < 4.78 is 11.6. The average Bonchev–Trinajstić information content (AvgIpc) is 2.65. The molecule has 2 aromatic carbocycles. The summed E-state index contributed by atoms with van der Waals surface area (Å²) in [5.41, 5.74) is 5.42. The van der Waals surface area contributed by atoms with Crippen molar-refractivity contribution in [2.24, 2.45) is 0 Å². The Hall–Kier alpha value is -2.80. The summed E-state index contributed by atoms with van der Waals surface area (Å²) in [6.45, 7) is 2.31. The van der Waals surface area contributed by atoms with Crippen LogP contribution in [-0.2, 0) is 9.59 Å². The topological polar surface area (TPSA) is 76.7 Å². The lowest BCUT2D eigenvalue weighted by molar-refractivity contribution is -0.128. The van der Waals surface area contributed by atoms with Gasteiger partial charge in [0.25, 0.3) is 11.8 Å². The van der Waals surface area contributed by atoms with Gasteiger partial charge in [0.1, 0.15) is 11.5 Å². The second-order valence-electron chi connectivity index (χ2n) is 5.12. The van der Waals surface area contributed by atoms with Crippen LogP contribution in [0.25, 0.3) is 6.08 Å². The average molecular weight is 419 g/mol. The predicted molar refractivity (Wildman–Crippen MR) is 103 cm³/mol. The first kappa shape index (κ1) is 19.5. The first-order valence-electron chi connectivity index (χ1n) is 7.95. The lowest BCUT2D eigenvalue weighted by Gasteiger charge is -2.07. The summed E-state index contributed by atoms with van der Waals surface area (Å²) in [7, 11) is 0. The first-order chi connectivity index (χ1) is 12.6. The number of benzene rings is 2. The van der Waals surface area contributed by atoms with Crippen LogP contribution < -0.4 is 20.3 Å². The highest BCUT2D eigenvalue weighted by Crippen LogP contribution is 2.15. The van der Waals surface area contributed by atoms with Gasteiger partial charge in [0.15, 0.2) is 6.61 Å². The van der Waals surface area contributed by atoms with Crippen molar-refractivity contribution in [1.82, 2.24) is 10.9 Å². The van der Waals surface area contributed by atoms with Gasteiger partial charge >= 0.3 is 0 Å². The van der Waals surface area contributed by atoms with Gasteiger partial charge in [-0.2, -0.15) is 0 Å². The third-order valence-corrected chi connectivity index (χ3v) is 3.66. The second-order valence-corrected chi connectivity index (χ2v) is 6.03. The third-order valence-electron chi connectivity index (χ3n) is 3.13. The van der Waals surface area contributed by atoms with Crippen molar-refractivity contribution in [3.63, 3.8) is 0 Å². The van der Waals surface area contributed by atoms with E-state index in [9.17, 15) is 9.59 Å². The Morgan fingerprint density at radius 2 is 1.58 bits per heavy atom. The summed E-state index contributed by atoms with van der Waals surface area (Å²) in [5, 5.41) is 0. The highest BCUT2D eigenvalue weighted by molar-refractivity contribution is 9.10. The van der Waals surface area contributed by atoms with Gasteiger partial charge in [-0.1, -0.05) is 28.1 Å². The number of hydrogen-bond acceptors (Lipinski definition) is 4. The van der Waals surface area contributed by atoms with E-state index in [1.807, 2.05) is 31.2 Å². The first-order valence-corrected chi connectivity index (χ1v) is 8.74. The summed E-state index contributed by atoms with van der Waals surface area (Å²) in [6.07, 6.45) is 2.96. The molecule has 0 unspecified atom stereocenters. The van der Waals surface area contributed by atoms with Gasteiger partial charge in [-0.15, -0.1) is 0 Å². The van der Waals surface area contributed by atoms with Gasteiger partial charge < -0.3 is 9.47 Å². The number of hydrogen-bond donors (Lipinski definition) is 2. The van der Waals surface area contributed by atoms with E-state index in [1.54, 1.807) is 30.3 Å². The molecular formula is C19H19BrN2O4. The molecule has 0 saturated heterocycles. The van der Waals surface area contributed by atoms with E-state index in [0.29, 0.717) is 12.4 Å². The van der Waals surface area contributed by atoms with Crippen molar-refractivity contribution in [2.45, 2.75) is 6.92 Å². The minimum Gasteiger partial charge on any atom is -0.494 e. The molecule has 0 saturated carbocycles. The Balaban J connectivity index is 1.71. The van der Waals surface area contributed by atoms with E-state index in [-0.39, 0.29) is 6.61 Å². The van der Waals surface area contributed by atoms with E-state index in [0.717, 1.165) is 15.8 Å². The lowest BCUT2D eigenvalue weighted by atomic mass is 10.2. The minimum atomic E-state index is -0.462. The van der Waals surface area contributed by atoms with Crippen LogP contribution in [0.1, 0.15) is 12.5 Å². The number of carbonyl (C=O) groups excluding carboxylic acids is 2. The molecule has 0 radical (unpaired) electrons. The Bertz CT molecular complexity index is 758. The van der Waals surface area contributed by atoms with Crippen molar-refractivity contribution >= 4 is 33.8 Å². The van der Waals surface area contributed by atoms with Crippen LogP contribution in [0.15, 0.2) is 59.1 Å². The molecule has 136 valence electrons. The molecule has 0 heterocycles. The SMILES string of the molecule is CCOc1ccc(/C=C/C(=O)NNC(=O)COc2ccc(Br)cc2)cc1. The maximum Gasteiger partial charge on any atom is 0.276 e. The number of ether oxygens (including phenoxy) is 2. The lowest BCUT2D eigenvalue weighted by Crippen LogP contribution is -2.43. The molecule has 0 aliphatic rings. The van der Waals surface area contributed by atoms with Crippen LogP contribution in [0, 0.1) is 0 Å². The van der Waals surface area contributed by atoms with Crippen LogP contribution in [0.3, 0.4) is 0 Å². The van der Waals surface area contributed by atoms with Crippen LogP contribution in [0.5, 0.6) is 11.5 Å². The Labute approximate surface area is 160 Å². The molecule has 2 amide bonds. The smallest absolute Gasteiger partial charge is 0.276 e. The molecular weight excluding hydrogens is 400 g/mol. The largest absolute Gasteiger partial charge is 0.494 e. The minimum absolute atomic E-state index is 0.204. The molecule has 2 N–H and O–H groups in total. The monoisotopic (exact) mass is 418 g/mol. The van der Waals surface area contributed by atoms with Crippen molar-refractivity contribution < 1.29 is 19.1 Å². The highest BCUT2D eigenvalue weighted by Gasteiger charge is 2.04. The fraction of sp³-hybridized carbons (Fsp3) is 0.158. The van der Waals surface area contributed by atoms with E-state index < -0.39 is 11.8 Å². The standard InChI is InChI=1S/C19H19BrN2O4/c1-2-25-16-8-3-14(4-9-16)5-12-18(23)21-22-19(24)13-26-17-10-6-15(20)7-11-17/h3-12H,2,13H2,1H3,(H,21,23)(H,22,24)/b12-5+. The molecule has 6 nitrogen and oxygen atoms in total. The quantitative estimate of drug-likeness (QED) is 0.534. The van der Waals surface area contributed by atoms with Gasteiger partial charge in [0.05, 0.1) is 6.61 Å². The van der Waals surface area contributed by atoms with Crippen LogP contribution >= 0.6 is 15.9 Å². The molecule has 0 aromatic heterocycles. The van der Waals surface area contributed by atoms with Crippen molar-refractivity contribution in [2.75, 3.05) is 13.2 Å².